The molecule has 0 bridgehead atoms. The average molecular weight is 288 g/mol. The first-order chi connectivity index (χ1) is 9.93. The topological polar surface area (TPSA) is 73.6 Å². The summed E-state index contributed by atoms with van der Waals surface area (Å²) < 4.78 is 15.6. The van der Waals surface area contributed by atoms with Gasteiger partial charge in [-0.25, -0.2) is 0 Å². The quantitative estimate of drug-likeness (QED) is 0.919. The van der Waals surface area contributed by atoms with E-state index in [1.165, 1.54) is 0 Å². The van der Waals surface area contributed by atoms with Crippen molar-refractivity contribution < 1.29 is 18.8 Å². The van der Waals surface area contributed by atoms with Gasteiger partial charge in [0.25, 0.3) is 5.91 Å². The van der Waals surface area contributed by atoms with Gasteiger partial charge in [0.2, 0.25) is 12.7 Å². The zero-order chi connectivity index (χ0) is 15.0. The third kappa shape index (κ3) is 2.69. The number of nitrogens with zero attached hydrogens (tertiary/aromatic N) is 1. The number of anilines is 1. The second-order valence-corrected chi connectivity index (χ2v) is 5.85. The molecule has 6 nitrogen and oxygen atoms in total. The molecule has 0 saturated carbocycles. The van der Waals surface area contributed by atoms with E-state index in [4.69, 9.17) is 14.0 Å². The SMILES string of the molecule is CC(C)(C)c1cc(NC(=O)c2ccc3c(c2)OCO3)on1. The van der Waals surface area contributed by atoms with Crippen LogP contribution in [0.3, 0.4) is 0 Å². The lowest BCUT2D eigenvalue weighted by Gasteiger charge is -2.12. The van der Waals surface area contributed by atoms with Gasteiger partial charge < -0.3 is 14.0 Å². The van der Waals surface area contributed by atoms with Crippen molar-refractivity contribution in [2.75, 3.05) is 12.1 Å². The average Bonchev–Trinajstić information content (AvgIpc) is 3.04. The van der Waals surface area contributed by atoms with Crippen molar-refractivity contribution in [3.63, 3.8) is 0 Å². The van der Waals surface area contributed by atoms with Crippen molar-refractivity contribution in [2.24, 2.45) is 0 Å². The first-order valence-corrected chi connectivity index (χ1v) is 6.62. The van der Waals surface area contributed by atoms with E-state index in [2.05, 4.69) is 10.5 Å². The van der Waals surface area contributed by atoms with Gasteiger partial charge in [-0.15, -0.1) is 0 Å². The lowest BCUT2D eigenvalue weighted by molar-refractivity contribution is 0.102. The molecular formula is C15H16N2O4. The highest BCUT2D eigenvalue weighted by atomic mass is 16.7. The Labute approximate surface area is 122 Å². The monoisotopic (exact) mass is 288 g/mol. The number of nitrogens with one attached hydrogen (secondary N) is 1. The molecule has 2 aromatic rings. The Hall–Kier alpha value is -2.50. The first-order valence-electron chi connectivity index (χ1n) is 6.62. The number of carbonyl (C=O) groups excluding carboxylic acids is 1. The van der Waals surface area contributed by atoms with Crippen molar-refractivity contribution in [2.45, 2.75) is 26.2 Å². The number of hydrogen-bond acceptors (Lipinski definition) is 5. The zero-order valence-electron chi connectivity index (χ0n) is 12.1. The molecule has 0 fully saturated rings. The zero-order valence-corrected chi connectivity index (χ0v) is 12.1. The summed E-state index contributed by atoms with van der Waals surface area (Å²) in [6.07, 6.45) is 0. The fraction of sp³-hybridized carbons (Fsp3) is 0.333. The molecule has 1 N–H and O–H groups in total. The Morgan fingerprint density at radius 1 is 1.19 bits per heavy atom. The summed E-state index contributed by atoms with van der Waals surface area (Å²) in [6.45, 7) is 6.24. The highest BCUT2D eigenvalue weighted by Crippen LogP contribution is 2.32. The van der Waals surface area contributed by atoms with Crippen molar-refractivity contribution in [1.29, 1.82) is 0 Å². The summed E-state index contributed by atoms with van der Waals surface area (Å²) in [5.41, 5.74) is 1.11. The van der Waals surface area contributed by atoms with Crippen LogP contribution < -0.4 is 14.8 Å². The summed E-state index contributed by atoms with van der Waals surface area (Å²) in [4.78, 5) is 12.2. The van der Waals surface area contributed by atoms with Crippen LogP contribution in [0.2, 0.25) is 0 Å². The second-order valence-electron chi connectivity index (χ2n) is 5.85. The standard InChI is InChI=1S/C15H16N2O4/c1-15(2,3)12-7-13(21-17-12)16-14(18)9-4-5-10-11(6-9)20-8-19-10/h4-7H,8H2,1-3H3,(H,16,18). The van der Waals surface area contributed by atoms with Gasteiger partial charge in [0.1, 0.15) is 0 Å². The number of amides is 1. The maximum Gasteiger partial charge on any atom is 0.258 e. The number of hydrogen-bond donors (Lipinski definition) is 1. The van der Waals surface area contributed by atoms with Gasteiger partial charge in [0, 0.05) is 17.0 Å². The number of fused-ring (bicyclic) bond motifs is 1. The molecule has 0 atom stereocenters. The van der Waals surface area contributed by atoms with Gasteiger partial charge in [-0.3, -0.25) is 10.1 Å². The molecule has 1 aromatic carbocycles. The normalized spacial score (nSPS) is 13.3. The van der Waals surface area contributed by atoms with E-state index in [1.807, 2.05) is 20.8 Å². The molecule has 0 unspecified atom stereocenters. The van der Waals surface area contributed by atoms with Crippen LogP contribution in [0, 0.1) is 0 Å². The fourth-order valence-corrected chi connectivity index (χ4v) is 1.91. The van der Waals surface area contributed by atoms with Gasteiger partial charge in [0.05, 0.1) is 5.69 Å². The summed E-state index contributed by atoms with van der Waals surface area (Å²) >= 11 is 0. The predicted octanol–water partition coefficient (Wildman–Crippen LogP) is 2.95. The van der Waals surface area contributed by atoms with Gasteiger partial charge in [-0.1, -0.05) is 25.9 Å². The lowest BCUT2D eigenvalue weighted by atomic mass is 9.92. The molecule has 1 aliphatic heterocycles. The van der Waals surface area contributed by atoms with Crippen LogP contribution in [0.4, 0.5) is 5.88 Å². The highest BCUT2D eigenvalue weighted by Gasteiger charge is 2.21. The number of aromatic nitrogens is 1. The Balaban J connectivity index is 1.76. The molecule has 1 aliphatic rings. The van der Waals surface area contributed by atoms with Crippen LogP contribution >= 0.6 is 0 Å². The minimum Gasteiger partial charge on any atom is -0.454 e. The summed E-state index contributed by atoms with van der Waals surface area (Å²) in [5, 5.41) is 6.64. The molecule has 0 saturated heterocycles. The summed E-state index contributed by atoms with van der Waals surface area (Å²) in [6, 6.07) is 6.74. The summed E-state index contributed by atoms with van der Waals surface area (Å²) in [5.74, 6) is 1.24. The van der Waals surface area contributed by atoms with Crippen molar-refractivity contribution in [3.05, 3.63) is 35.5 Å². The molecule has 3 rings (SSSR count). The fourth-order valence-electron chi connectivity index (χ4n) is 1.91. The summed E-state index contributed by atoms with van der Waals surface area (Å²) in [7, 11) is 0. The maximum atomic E-state index is 12.2. The van der Waals surface area contributed by atoms with Crippen molar-refractivity contribution in [3.8, 4) is 11.5 Å². The van der Waals surface area contributed by atoms with Gasteiger partial charge >= 0.3 is 0 Å². The Morgan fingerprint density at radius 3 is 2.67 bits per heavy atom. The Morgan fingerprint density at radius 2 is 1.95 bits per heavy atom. The molecule has 21 heavy (non-hydrogen) atoms. The third-order valence-corrected chi connectivity index (χ3v) is 3.15. The molecule has 2 heterocycles. The molecule has 6 heteroatoms. The van der Waals surface area contributed by atoms with E-state index in [9.17, 15) is 4.79 Å². The van der Waals surface area contributed by atoms with Crippen molar-refractivity contribution in [1.82, 2.24) is 5.16 Å². The molecule has 0 aliphatic carbocycles. The van der Waals surface area contributed by atoms with E-state index in [1.54, 1.807) is 24.3 Å². The smallest absolute Gasteiger partial charge is 0.258 e. The number of benzene rings is 1. The molecule has 110 valence electrons. The Bertz CT molecular complexity index is 685. The molecule has 0 radical (unpaired) electrons. The van der Waals surface area contributed by atoms with Crippen LogP contribution in [0.25, 0.3) is 0 Å². The minimum atomic E-state index is -0.287. The van der Waals surface area contributed by atoms with Crippen molar-refractivity contribution >= 4 is 11.8 Å². The van der Waals surface area contributed by atoms with E-state index in [0.717, 1.165) is 5.69 Å². The van der Waals surface area contributed by atoms with Crippen LogP contribution in [0.1, 0.15) is 36.8 Å². The van der Waals surface area contributed by atoms with E-state index in [0.29, 0.717) is 22.9 Å². The molecule has 1 amide bonds. The van der Waals surface area contributed by atoms with E-state index < -0.39 is 0 Å². The molecular weight excluding hydrogens is 272 g/mol. The van der Waals surface area contributed by atoms with Crippen LogP contribution in [0.5, 0.6) is 11.5 Å². The second kappa shape index (κ2) is 4.80. The van der Waals surface area contributed by atoms with E-state index >= 15 is 0 Å². The highest BCUT2D eigenvalue weighted by molar-refractivity contribution is 6.04. The van der Waals surface area contributed by atoms with Gasteiger partial charge in [0.15, 0.2) is 11.5 Å². The maximum absolute atomic E-state index is 12.2. The number of rotatable bonds is 2. The lowest BCUT2D eigenvalue weighted by Crippen LogP contribution is -2.12. The number of carbonyl (C=O) groups is 1. The first kappa shape index (κ1) is 13.5. The van der Waals surface area contributed by atoms with E-state index in [-0.39, 0.29) is 18.1 Å². The predicted molar refractivity (Wildman–Crippen MR) is 75.7 cm³/mol. The molecule has 0 spiro atoms. The van der Waals surface area contributed by atoms with Crippen LogP contribution in [0.15, 0.2) is 28.8 Å². The Kier molecular flexibility index (Phi) is 3.08. The third-order valence-electron chi connectivity index (χ3n) is 3.15. The molecule has 1 aromatic heterocycles. The van der Waals surface area contributed by atoms with Gasteiger partial charge in [-0.2, -0.15) is 0 Å². The minimum absolute atomic E-state index is 0.134. The number of ether oxygens (including phenoxy) is 2. The van der Waals surface area contributed by atoms with Crippen LogP contribution in [-0.4, -0.2) is 17.9 Å². The van der Waals surface area contributed by atoms with Crippen LogP contribution in [-0.2, 0) is 5.41 Å². The van der Waals surface area contributed by atoms with Gasteiger partial charge in [-0.05, 0) is 18.2 Å². The largest absolute Gasteiger partial charge is 0.454 e.